The molecule has 2 heterocycles. The van der Waals surface area contributed by atoms with Gasteiger partial charge in [-0.05, 0) is 26.8 Å². The standard InChI is InChI=1S/C11H20N4O/c1-4-5-15-10(16)13-9(12)11(15)6-8(2)14(3)7-11/h8H,4-7H2,1-3H3,(H2,12,13,16). The molecule has 5 heteroatoms. The van der Waals surface area contributed by atoms with Crippen molar-refractivity contribution in [3.8, 4) is 0 Å². The van der Waals surface area contributed by atoms with Crippen LogP contribution in [0.25, 0.3) is 0 Å². The lowest BCUT2D eigenvalue weighted by atomic mass is 9.94. The summed E-state index contributed by atoms with van der Waals surface area (Å²) in [7, 11) is 2.06. The predicted octanol–water partition coefficient (Wildman–Crippen LogP) is 0.862. The molecule has 0 radical (unpaired) electrons. The molecule has 5 nitrogen and oxygen atoms in total. The van der Waals surface area contributed by atoms with Gasteiger partial charge in [0.2, 0.25) is 0 Å². The molecule has 0 aromatic rings. The molecular weight excluding hydrogens is 204 g/mol. The highest BCUT2D eigenvalue weighted by Gasteiger charge is 2.54. The van der Waals surface area contributed by atoms with Crippen molar-refractivity contribution in [3.05, 3.63) is 0 Å². The van der Waals surface area contributed by atoms with Crippen molar-refractivity contribution < 1.29 is 4.79 Å². The van der Waals surface area contributed by atoms with Gasteiger partial charge in [0, 0.05) is 19.1 Å². The molecule has 2 aliphatic heterocycles. The van der Waals surface area contributed by atoms with Crippen molar-refractivity contribution in [3.63, 3.8) is 0 Å². The summed E-state index contributed by atoms with van der Waals surface area (Å²) >= 11 is 0. The number of nitrogens with one attached hydrogen (secondary N) is 2. The largest absolute Gasteiger partial charge is 0.323 e. The average molecular weight is 224 g/mol. The fourth-order valence-electron chi connectivity index (χ4n) is 2.81. The molecule has 90 valence electrons. The molecule has 2 atom stereocenters. The molecule has 16 heavy (non-hydrogen) atoms. The number of amidine groups is 1. The van der Waals surface area contributed by atoms with Gasteiger partial charge >= 0.3 is 6.03 Å². The molecule has 2 aliphatic rings. The first-order chi connectivity index (χ1) is 7.51. The SMILES string of the molecule is CCCN1C(=O)NC(=N)C12CC(C)N(C)C2. The van der Waals surface area contributed by atoms with Gasteiger partial charge in [-0.25, -0.2) is 4.79 Å². The van der Waals surface area contributed by atoms with Crippen LogP contribution in [-0.4, -0.2) is 53.4 Å². The van der Waals surface area contributed by atoms with Gasteiger partial charge in [-0.3, -0.25) is 10.7 Å². The topological polar surface area (TPSA) is 59.4 Å². The van der Waals surface area contributed by atoms with Gasteiger partial charge in [0.05, 0.1) is 0 Å². The Morgan fingerprint density at radius 2 is 2.31 bits per heavy atom. The van der Waals surface area contributed by atoms with Gasteiger partial charge in [0.15, 0.2) is 0 Å². The molecule has 0 bridgehead atoms. The number of carbonyl (C=O) groups excluding carboxylic acids is 1. The fraction of sp³-hybridized carbons (Fsp3) is 0.818. The molecule has 1 spiro atoms. The second kappa shape index (κ2) is 3.73. The fourth-order valence-corrected chi connectivity index (χ4v) is 2.81. The van der Waals surface area contributed by atoms with Gasteiger partial charge < -0.3 is 9.80 Å². The Labute approximate surface area is 96.3 Å². The summed E-state index contributed by atoms with van der Waals surface area (Å²) in [6, 6.07) is 0.321. The minimum absolute atomic E-state index is 0.102. The lowest BCUT2D eigenvalue weighted by Gasteiger charge is -2.32. The Hall–Kier alpha value is -1.10. The normalized spacial score (nSPS) is 35.2. The van der Waals surface area contributed by atoms with Crippen LogP contribution in [0.2, 0.25) is 0 Å². The van der Waals surface area contributed by atoms with E-state index in [4.69, 9.17) is 5.41 Å². The molecule has 0 aliphatic carbocycles. The minimum atomic E-state index is -0.388. The first kappa shape index (κ1) is 11.4. The highest BCUT2D eigenvalue weighted by molar-refractivity contribution is 6.08. The van der Waals surface area contributed by atoms with E-state index in [9.17, 15) is 4.79 Å². The number of urea groups is 1. The van der Waals surface area contributed by atoms with Crippen LogP contribution in [0.1, 0.15) is 26.7 Å². The van der Waals surface area contributed by atoms with E-state index in [-0.39, 0.29) is 11.6 Å². The number of amides is 2. The Bertz CT molecular complexity index is 318. The molecule has 2 rings (SSSR count). The maximum atomic E-state index is 11.8. The third-order valence-electron chi connectivity index (χ3n) is 3.80. The van der Waals surface area contributed by atoms with Crippen LogP contribution in [0.3, 0.4) is 0 Å². The van der Waals surface area contributed by atoms with Gasteiger partial charge in [0.1, 0.15) is 11.4 Å². The van der Waals surface area contributed by atoms with E-state index in [1.807, 2.05) is 4.90 Å². The molecular formula is C11H20N4O. The smallest absolute Gasteiger partial charge is 0.310 e. The van der Waals surface area contributed by atoms with Crippen molar-refractivity contribution in [2.45, 2.75) is 38.3 Å². The molecule has 2 unspecified atom stereocenters. The number of rotatable bonds is 2. The first-order valence-corrected chi connectivity index (χ1v) is 5.89. The van der Waals surface area contributed by atoms with Crippen molar-refractivity contribution >= 4 is 11.9 Å². The summed E-state index contributed by atoms with van der Waals surface area (Å²) in [6.45, 7) is 5.71. The highest BCUT2D eigenvalue weighted by atomic mass is 16.2. The monoisotopic (exact) mass is 224 g/mol. The number of likely N-dealkylation sites (tertiary alicyclic amines) is 1. The lowest BCUT2D eigenvalue weighted by molar-refractivity contribution is 0.174. The zero-order valence-electron chi connectivity index (χ0n) is 10.2. The number of likely N-dealkylation sites (N-methyl/N-ethyl adjacent to an activating group) is 1. The van der Waals surface area contributed by atoms with E-state index in [0.29, 0.717) is 11.9 Å². The molecule has 2 amide bonds. The van der Waals surface area contributed by atoms with E-state index in [2.05, 4.69) is 31.1 Å². The van der Waals surface area contributed by atoms with Crippen molar-refractivity contribution in [2.24, 2.45) is 0 Å². The Morgan fingerprint density at radius 1 is 1.62 bits per heavy atom. The van der Waals surface area contributed by atoms with Crippen LogP contribution in [0, 0.1) is 5.41 Å². The molecule has 0 saturated carbocycles. The maximum Gasteiger partial charge on any atom is 0.323 e. The van der Waals surface area contributed by atoms with Crippen LogP contribution >= 0.6 is 0 Å². The first-order valence-electron chi connectivity index (χ1n) is 5.89. The van der Waals surface area contributed by atoms with Gasteiger partial charge in [-0.15, -0.1) is 0 Å². The van der Waals surface area contributed by atoms with Crippen LogP contribution in [0.15, 0.2) is 0 Å². The summed E-state index contributed by atoms with van der Waals surface area (Å²) in [5.41, 5.74) is -0.388. The van der Waals surface area contributed by atoms with Crippen molar-refractivity contribution in [1.82, 2.24) is 15.1 Å². The van der Waals surface area contributed by atoms with E-state index < -0.39 is 0 Å². The summed E-state index contributed by atoms with van der Waals surface area (Å²) < 4.78 is 0. The van der Waals surface area contributed by atoms with Gasteiger partial charge in [0.25, 0.3) is 0 Å². The maximum absolute atomic E-state index is 11.8. The van der Waals surface area contributed by atoms with Gasteiger partial charge in [-0.2, -0.15) is 0 Å². The van der Waals surface area contributed by atoms with E-state index in [1.54, 1.807) is 0 Å². The van der Waals surface area contributed by atoms with E-state index >= 15 is 0 Å². The zero-order valence-corrected chi connectivity index (χ0v) is 10.2. The second-order valence-electron chi connectivity index (χ2n) is 4.96. The Morgan fingerprint density at radius 3 is 2.81 bits per heavy atom. The third kappa shape index (κ3) is 1.42. The molecule has 2 fully saturated rings. The number of hydrogen-bond donors (Lipinski definition) is 2. The van der Waals surface area contributed by atoms with E-state index in [0.717, 1.165) is 25.9 Å². The summed E-state index contributed by atoms with van der Waals surface area (Å²) in [4.78, 5) is 15.9. The highest BCUT2D eigenvalue weighted by Crippen LogP contribution is 2.35. The lowest BCUT2D eigenvalue weighted by Crippen LogP contribution is -2.51. The van der Waals surface area contributed by atoms with Crippen molar-refractivity contribution in [1.29, 1.82) is 5.41 Å². The molecule has 2 N–H and O–H groups in total. The van der Waals surface area contributed by atoms with E-state index in [1.165, 1.54) is 0 Å². The van der Waals surface area contributed by atoms with Crippen LogP contribution in [-0.2, 0) is 0 Å². The predicted molar refractivity (Wildman–Crippen MR) is 62.7 cm³/mol. The van der Waals surface area contributed by atoms with Crippen LogP contribution < -0.4 is 5.32 Å². The summed E-state index contributed by atoms with van der Waals surface area (Å²) in [5, 5.41) is 10.7. The third-order valence-corrected chi connectivity index (χ3v) is 3.80. The van der Waals surface area contributed by atoms with Crippen molar-refractivity contribution in [2.75, 3.05) is 20.1 Å². The molecule has 0 aromatic heterocycles. The zero-order chi connectivity index (χ0) is 11.9. The summed E-state index contributed by atoms with van der Waals surface area (Å²) in [6.07, 6.45) is 1.79. The Kier molecular flexibility index (Phi) is 2.66. The molecule has 2 saturated heterocycles. The second-order valence-corrected chi connectivity index (χ2v) is 4.96. The Balaban J connectivity index is 2.30. The number of hydrogen-bond acceptors (Lipinski definition) is 3. The van der Waals surface area contributed by atoms with Gasteiger partial charge in [-0.1, -0.05) is 6.92 Å². The average Bonchev–Trinajstić information content (AvgIpc) is 2.61. The molecule has 0 aromatic carbocycles. The number of nitrogens with zero attached hydrogens (tertiary/aromatic N) is 2. The van der Waals surface area contributed by atoms with Crippen LogP contribution in [0.4, 0.5) is 4.79 Å². The number of carbonyl (C=O) groups is 1. The quantitative estimate of drug-likeness (QED) is 0.731. The minimum Gasteiger partial charge on any atom is -0.310 e. The van der Waals surface area contributed by atoms with Crippen LogP contribution in [0.5, 0.6) is 0 Å². The summed E-state index contributed by atoms with van der Waals surface area (Å²) in [5.74, 6) is 0.377.